The lowest BCUT2D eigenvalue weighted by molar-refractivity contribution is -0.256. The van der Waals surface area contributed by atoms with Crippen molar-refractivity contribution in [3.63, 3.8) is 0 Å². The first-order valence-corrected chi connectivity index (χ1v) is 22.4. The third-order valence-corrected chi connectivity index (χ3v) is 11.9. The van der Waals surface area contributed by atoms with Gasteiger partial charge in [0.2, 0.25) is 5.79 Å². The molecule has 12 nitrogen and oxygen atoms in total. The summed E-state index contributed by atoms with van der Waals surface area (Å²) in [7, 11) is 0. The predicted molar refractivity (Wildman–Crippen MR) is 239 cm³/mol. The van der Waals surface area contributed by atoms with Gasteiger partial charge in [-0.05, 0) is 105 Å². The second kappa shape index (κ2) is 22.1. The zero-order valence-corrected chi connectivity index (χ0v) is 37.2. The SMILES string of the molecule is C=CCOC12Oc3ccc(OC(=O)NCc4ccccc4)cc3C3C(CCCCO)C(CCCCO)C=C(C(=NOC(C)(C)C)CC1N(Cc1ccc(F)cc1)C(=O)OCCCl)C32. The average Bonchev–Trinajstić information content (AvgIpc) is 3.27. The number of aliphatic hydroxyl groups is 2. The van der Waals surface area contributed by atoms with Crippen LogP contribution in [0.5, 0.6) is 11.5 Å². The number of carbonyl (C=O) groups is 2. The molecule has 1 fully saturated rings. The standard InChI is InChI=1S/C49H61ClFN3O9/c1-5-26-60-49-43(54(47(58)59-27-23-50)32-34-17-19-36(51)20-18-34)30-41(53-63-48(2,3)4)39-28-35(15-9-11-24-55)38(16-10-12-25-56)44(45(39)49)40-29-37(21-22-42(40)62-49)61-46(57)52-31-33-13-7-6-8-14-33/h5-8,13-14,17-22,28-29,35,38,43-45,55-56H,1,9-12,15-16,23-27,30-32H2,2-4H3,(H,52,57). The van der Waals surface area contributed by atoms with Gasteiger partial charge >= 0.3 is 12.2 Å². The van der Waals surface area contributed by atoms with Crippen molar-refractivity contribution in [2.75, 3.05) is 32.3 Å². The second-order valence-corrected chi connectivity index (χ2v) is 17.6. The molecule has 6 unspecified atom stereocenters. The first-order valence-electron chi connectivity index (χ1n) is 21.9. The number of nitrogens with zero attached hydrogens (tertiary/aromatic N) is 2. The van der Waals surface area contributed by atoms with Crippen molar-refractivity contribution >= 4 is 29.5 Å². The summed E-state index contributed by atoms with van der Waals surface area (Å²) in [5.74, 6) is -2.24. The van der Waals surface area contributed by atoms with Gasteiger partial charge in [-0.15, -0.1) is 18.2 Å². The van der Waals surface area contributed by atoms with Gasteiger partial charge in [-0.1, -0.05) is 72.6 Å². The summed E-state index contributed by atoms with van der Waals surface area (Å²) in [5, 5.41) is 27.6. The molecule has 0 radical (unpaired) electrons. The quantitative estimate of drug-likeness (QED) is 0.0437. The zero-order chi connectivity index (χ0) is 45.0. The van der Waals surface area contributed by atoms with Crippen molar-refractivity contribution in [3.05, 3.63) is 120 Å². The number of rotatable bonds is 20. The summed E-state index contributed by atoms with van der Waals surface area (Å²) in [5.41, 5.74) is 3.10. The van der Waals surface area contributed by atoms with Crippen LogP contribution in [0.25, 0.3) is 0 Å². The van der Waals surface area contributed by atoms with Gasteiger partial charge in [-0.2, -0.15) is 0 Å². The fourth-order valence-corrected chi connectivity index (χ4v) is 9.19. The number of hydrogen-bond donors (Lipinski definition) is 3. The number of ether oxygens (including phenoxy) is 4. The Morgan fingerprint density at radius 1 is 1.02 bits per heavy atom. The van der Waals surface area contributed by atoms with E-state index >= 15 is 0 Å². The van der Waals surface area contributed by atoms with E-state index in [1.165, 1.54) is 12.1 Å². The maximum absolute atomic E-state index is 14.5. The van der Waals surface area contributed by atoms with Crippen LogP contribution in [-0.4, -0.2) is 82.7 Å². The van der Waals surface area contributed by atoms with Gasteiger partial charge in [-0.3, -0.25) is 4.90 Å². The molecule has 6 rings (SSSR count). The first kappa shape index (κ1) is 47.5. The van der Waals surface area contributed by atoms with Crippen LogP contribution in [0, 0.1) is 23.6 Å². The molecular weight excluding hydrogens is 829 g/mol. The fraction of sp³-hybridized carbons (Fsp3) is 0.490. The van der Waals surface area contributed by atoms with E-state index in [-0.39, 0.29) is 69.6 Å². The zero-order valence-electron chi connectivity index (χ0n) is 36.5. The molecule has 0 saturated heterocycles. The molecule has 14 heteroatoms. The molecule has 2 amide bonds. The van der Waals surface area contributed by atoms with Crippen LogP contribution in [0.1, 0.15) is 88.3 Å². The number of unbranched alkanes of at least 4 members (excludes halogenated alkanes) is 2. The number of carbonyl (C=O) groups excluding carboxylic acids is 2. The monoisotopic (exact) mass is 889 g/mol. The highest BCUT2D eigenvalue weighted by Gasteiger charge is 2.65. The first-order chi connectivity index (χ1) is 30.4. The molecule has 340 valence electrons. The Balaban J connectivity index is 1.56. The predicted octanol–water partition coefficient (Wildman–Crippen LogP) is 9.42. The third kappa shape index (κ3) is 11.8. The Kier molecular flexibility index (Phi) is 16.7. The largest absolute Gasteiger partial charge is 0.459 e. The molecule has 3 aromatic carbocycles. The molecule has 63 heavy (non-hydrogen) atoms. The number of aliphatic hydroxyl groups excluding tert-OH is 2. The highest BCUT2D eigenvalue weighted by molar-refractivity contribution is 6.18. The van der Waals surface area contributed by atoms with Crippen LogP contribution in [0.4, 0.5) is 14.0 Å². The number of oxime groups is 1. The molecule has 0 aromatic heterocycles. The molecule has 3 aromatic rings. The minimum atomic E-state index is -1.58. The van der Waals surface area contributed by atoms with Crippen LogP contribution >= 0.6 is 11.6 Å². The lowest BCUT2D eigenvalue weighted by atomic mass is 9.55. The van der Waals surface area contributed by atoms with E-state index in [1.54, 1.807) is 35.2 Å². The van der Waals surface area contributed by atoms with Crippen LogP contribution in [-0.2, 0) is 27.4 Å². The second-order valence-electron chi connectivity index (χ2n) is 17.3. The van der Waals surface area contributed by atoms with Crippen LogP contribution in [0.2, 0.25) is 0 Å². The van der Waals surface area contributed by atoms with E-state index in [2.05, 4.69) is 18.0 Å². The summed E-state index contributed by atoms with van der Waals surface area (Å²) < 4.78 is 40.2. The Labute approximate surface area is 375 Å². The van der Waals surface area contributed by atoms with E-state index in [9.17, 15) is 24.2 Å². The van der Waals surface area contributed by atoms with Gasteiger partial charge in [0.15, 0.2) is 0 Å². The normalized spacial score (nSPS) is 23.1. The number of benzene rings is 3. The van der Waals surface area contributed by atoms with Crippen molar-refractivity contribution in [3.8, 4) is 11.5 Å². The minimum absolute atomic E-state index is 0.0000907. The summed E-state index contributed by atoms with van der Waals surface area (Å²) in [6.45, 7) is 10.1. The maximum Gasteiger partial charge on any atom is 0.412 e. The Hall–Kier alpha value is -4.95. The molecule has 0 bridgehead atoms. The van der Waals surface area contributed by atoms with E-state index in [0.717, 1.165) is 36.0 Å². The topological polar surface area (TPSA) is 148 Å². The van der Waals surface area contributed by atoms with Gasteiger partial charge in [-0.25, -0.2) is 14.0 Å². The van der Waals surface area contributed by atoms with Crippen molar-refractivity contribution < 1.29 is 48.0 Å². The molecule has 2 aliphatic carbocycles. The molecule has 1 aliphatic heterocycles. The van der Waals surface area contributed by atoms with Gasteiger partial charge in [0.25, 0.3) is 0 Å². The number of nitrogens with one attached hydrogen (secondary N) is 1. The summed E-state index contributed by atoms with van der Waals surface area (Å²) in [4.78, 5) is 35.5. The summed E-state index contributed by atoms with van der Waals surface area (Å²) in [6.07, 6.45) is 6.86. The van der Waals surface area contributed by atoms with Crippen LogP contribution in [0.3, 0.4) is 0 Å². The molecule has 6 atom stereocenters. The number of allylic oxidation sites excluding steroid dienone is 1. The van der Waals surface area contributed by atoms with Crippen LogP contribution < -0.4 is 14.8 Å². The van der Waals surface area contributed by atoms with Crippen molar-refractivity contribution in [1.82, 2.24) is 10.2 Å². The molecule has 3 N–H and O–H groups in total. The fourth-order valence-electron chi connectivity index (χ4n) is 9.11. The molecule has 3 aliphatic rings. The van der Waals surface area contributed by atoms with E-state index in [1.807, 2.05) is 57.2 Å². The summed E-state index contributed by atoms with van der Waals surface area (Å²) >= 11 is 6.06. The maximum atomic E-state index is 14.5. The number of fused-ring (bicyclic) bond motifs is 2. The number of halogens is 2. The van der Waals surface area contributed by atoms with E-state index < -0.39 is 41.4 Å². The van der Waals surface area contributed by atoms with E-state index in [4.69, 9.17) is 40.5 Å². The molecule has 1 heterocycles. The van der Waals surface area contributed by atoms with Crippen LogP contribution in [0.15, 0.2) is 102 Å². The van der Waals surface area contributed by atoms with E-state index in [0.29, 0.717) is 42.0 Å². The highest BCUT2D eigenvalue weighted by Crippen LogP contribution is 2.62. The van der Waals surface area contributed by atoms with Crippen molar-refractivity contribution in [2.24, 2.45) is 22.9 Å². The molecule has 0 spiro atoms. The number of amides is 2. The highest BCUT2D eigenvalue weighted by atomic mass is 35.5. The van der Waals surface area contributed by atoms with Gasteiger partial charge in [0.1, 0.15) is 35.6 Å². The lowest BCUT2D eigenvalue weighted by Crippen LogP contribution is -2.70. The minimum Gasteiger partial charge on any atom is -0.459 e. The Bertz CT molecular complexity index is 2060. The smallest absolute Gasteiger partial charge is 0.412 e. The number of hydrogen-bond acceptors (Lipinski definition) is 10. The van der Waals surface area contributed by atoms with Crippen molar-refractivity contribution in [2.45, 2.75) is 102 Å². The van der Waals surface area contributed by atoms with Gasteiger partial charge in [0, 0.05) is 44.2 Å². The van der Waals surface area contributed by atoms with Gasteiger partial charge < -0.3 is 39.3 Å². The number of alkyl halides is 1. The summed E-state index contributed by atoms with van der Waals surface area (Å²) in [6, 6.07) is 19.8. The lowest BCUT2D eigenvalue weighted by Gasteiger charge is -2.60. The molecular formula is C49H61ClFN3O9. The Morgan fingerprint density at radius 2 is 1.75 bits per heavy atom. The van der Waals surface area contributed by atoms with Gasteiger partial charge in [0.05, 0.1) is 24.1 Å². The van der Waals surface area contributed by atoms with Crippen molar-refractivity contribution in [1.29, 1.82) is 0 Å². The molecule has 1 saturated carbocycles. The average molecular weight is 890 g/mol. The Morgan fingerprint density at radius 3 is 2.43 bits per heavy atom. The third-order valence-electron chi connectivity index (χ3n) is 11.7.